The van der Waals surface area contributed by atoms with Gasteiger partial charge in [-0.05, 0) is 116 Å². The molecule has 7 amide bonds. The van der Waals surface area contributed by atoms with Crippen LogP contribution in [-0.2, 0) is 45.1 Å². The average Bonchev–Trinajstić information content (AvgIpc) is 4.03. The molecule has 3 aromatic rings. The van der Waals surface area contributed by atoms with Gasteiger partial charge in [-0.25, -0.2) is 22.7 Å². The zero-order valence-electron chi connectivity index (χ0n) is 45.8. The van der Waals surface area contributed by atoms with Crippen LogP contribution in [0.1, 0.15) is 151 Å². The maximum atomic E-state index is 14.6. The van der Waals surface area contributed by atoms with Crippen LogP contribution in [0.4, 0.5) is 9.59 Å². The number of ketones is 1. The molecule has 1 heterocycles. The summed E-state index contributed by atoms with van der Waals surface area (Å²) < 4.78 is 38.6. The summed E-state index contributed by atoms with van der Waals surface area (Å²) in [5.41, 5.74) is -0.269. The van der Waals surface area contributed by atoms with E-state index in [4.69, 9.17) is 9.47 Å². The van der Waals surface area contributed by atoms with Gasteiger partial charge in [0.15, 0.2) is 0 Å². The first-order valence-corrected chi connectivity index (χ1v) is 28.5. The summed E-state index contributed by atoms with van der Waals surface area (Å²) >= 11 is 0. The van der Waals surface area contributed by atoms with Crippen molar-refractivity contribution in [3.05, 3.63) is 102 Å². The molecular weight excluding hydrogens is 1020 g/mol. The molecule has 1 aliphatic carbocycles. The molecule has 0 unspecified atom stereocenters. The number of sulfonamides is 1. The minimum absolute atomic E-state index is 0.0225. The number of guanidine groups is 1. The first kappa shape index (κ1) is 61.8. The third-order valence-electron chi connectivity index (χ3n) is 13.0. The lowest BCUT2D eigenvalue weighted by molar-refractivity contribution is -0.140. The number of aliphatic imine (C=N–C) groups is 1. The standard InChI is InChI=1S/C57H78N8O12S/c1-56(2,3)76-54(72)63-53(64-55(73)77-57(4,5)6)59-34-23-33-45(49(68)62-46(38-39-24-13-11-14-25-39)47(66)50(69)58-35-36-60-78(74,75)41-28-15-12-16-29-41)61-48(67)42(40-26-18-19-27-40)30-17-9-7-8-10-22-37-65-51(70)43-31-20-21-32-44(43)52(65)71/h11-16,20-21,24-25,28-29,31-32,40,42,45-46,60H,7-10,17-19,22-23,26-27,30,33-38H2,1-6H3,(H,58,69)(H,61,67)(H,62,68)(H2,59,63,64,72,73)/t42-,45+,46+/m1/s1. The molecule has 1 fully saturated rings. The Kier molecular flexibility index (Phi) is 23.5. The van der Waals surface area contributed by atoms with Gasteiger partial charge in [0.1, 0.15) is 23.3 Å². The molecule has 3 atom stereocenters. The van der Waals surface area contributed by atoms with Gasteiger partial charge in [0.05, 0.1) is 16.0 Å². The number of unbranched alkanes of at least 4 members (excludes halogenated alkanes) is 5. The number of benzene rings is 3. The number of rotatable bonds is 27. The molecular formula is C57H78N8O12S. The van der Waals surface area contributed by atoms with Gasteiger partial charge in [-0.2, -0.15) is 0 Å². The molecule has 0 bridgehead atoms. The summed E-state index contributed by atoms with van der Waals surface area (Å²) in [5, 5.41) is 13.1. The lowest BCUT2D eigenvalue weighted by atomic mass is 9.85. The summed E-state index contributed by atoms with van der Waals surface area (Å²) in [4.78, 5) is 114. The van der Waals surface area contributed by atoms with E-state index >= 15 is 0 Å². The molecule has 1 aliphatic heterocycles. The van der Waals surface area contributed by atoms with Crippen molar-refractivity contribution in [2.45, 2.75) is 160 Å². The molecule has 78 heavy (non-hydrogen) atoms. The molecule has 2 aliphatic rings. The van der Waals surface area contributed by atoms with Crippen LogP contribution in [0.5, 0.6) is 0 Å². The van der Waals surface area contributed by atoms with Crippen LogP contribution in [0.25, 0.3) is 0 Å². The van der Waals surface area contributed by atoms with Gasteiger partial charge in [0, 0.05) is 38.5 Å². The van der Waals surface area contributed by atoms with Gasteiger partial charge < -0.3 is 25.4 Å². The summed E-state index contributed by atoms with van der Waals surface area (Å²) in [7, 11) is -3.90. The number of hydrogen-bond donors (Lipinski definition) is 6. The molecule has 20 nitrogen and oxygen atoms in total. The topological polar surface area (TPSA) is 277 Å². The Morgan fingerprint density at radius 3 is 1.74 bits per heavy atom. The fraction of sp³-hybridized carbons (Fsp3) is 0.526. The normalized spacial score (nSPS) is 14.8. The average molecular weight is 1100 g/mol. The van der Waals surface area contributed by atoms with Crippen molar-refractivity contribution in [3.8, 4) is 0 Å². The van der Waals surface area contributed by atoms with Crippen molar-refractivity contribution in [1.82, 2.24) is 36.2 Å². The van der Waals surface area contributed by atoms with Crippen LogP contribution in [0.2, 0.25) is 0 Å². The molecule has 3 aromatic carbocycles. The number of amides is 7. The fourth-order valence-corrected chi connectivity index (χ4v) is 10.3. The fourth-order valence-electron chi connectivity index (χ4n) is 9.29. The Morgan fingerprint density at radius 1 is 0.641 bits per heavy atom. The number of imide groups is 1. The highest BCUT2D eigenvalue weighted by atomic mass is 32.2. The maximum Gasteiger partial charge on any atom is 0.414 e. The molecule has 0 aromatic heterocycles. The van der Waals surface area contributed by atoms with Gasteiger partial charge in [-0.15, -0.1) is 0 Å². The largest absolute Gasteiger partial charge is 0.444 e. The molecule has 0 radical (unpaired) electrons. The van der Waals surface area contributed by atoms with Gasteiger partial charge in [0.25, 0.3) is 17.7 Å². The van der Waals surface area contributed by atoms with Crippen molar-refractivity contribution in [2.75, 3.05) is 26.2 Å². The number of nitrogens with one attached hydrogen (secondary N) is 6. The third-order valence-corrected chi connectivity index (χ3v) is 14.5. The van der Waals surface area contributed by atoms with E-state index < -0.39 is 69.0 Å². The van der Waals surface area contributed by atoms with Gasteiger partial charge in [0.2, 0.25) is 33.6 Å². The lowest BCUT2D eigenvalue weighted by Crippen LogP contribution is -2.55. The maximum absolute atomic E-state index is 14.6. The Labute approximate surface area is 458 Å². The molecule has 0 saturated heterocycles. The summed E-state index contributed by atoms with van der Waals surface area (Å²) in [6, 6.07) is 20.6. The highest BCUT2D eigenvalue weighted by Crippen LogP contribution is 2.35. The molecule has 5 rings (SSSR count). The van der Waals surface area contributed by atoms with E-state index in [1.165, 1.54) is 17.0 Å². The number of carbonyl (C=O) groups is 8. The third kappa shape index (κ3) is 20.4. The van der Waals surface area contributed by atoms with Crippen LogP contribution in [0.15, 0.2) is 94.8 Å². The number of ether oxygens (including phenoxy) is 2. The van der Waals surface area contributed by atoms with Gasteiger partial charge in [-0.1, -0.05) is 106 Å². The predicted molar refractivity (Wildman–Crippen MR) is 294 cm³/mol. The van der Waals surface area contributed by atoms with Gasteiger partial charge in [-0.3, -0.25) is 49.3 Å². The molecule has 0 spiro atoms. The minimum atomic E-state index is -3.90. The van der Waals surface area contributed by atoms with Crippen LogP contribution in [0, 0.1) is 11.8 Å². The number of carbonyl (C=O) groups excluding carboxylic acids is 8. The monoisotopic (exact) mass is 1100 g/mol. The van der Waals surface area contributed by atoms with E-state index in [0.29, 0.717) is 36.1 Å². The van der Waals surface area contributed by atoms with Gasteiger partial charge >= 0.3 is 12.2 Å². The second kappa shape index (κ2) is 29.7. The molecule has 424 valence electrons. The van der Waals surface area contributed by atoms with Crippen LogP contribution >= 0.6 is 0 Å². The number of alkyl carbamates (subject to hydrolysis) is 2. The van der Waals surface area contributed by atoms with E-state index in [2.05, 4.69) is 36.3 Å². The number of Topliss-reactive ketones (excluding diaryl/α,β-unsaturated/α-hetero) is 1. The quantitative estimate of drug-likeness (QED) is 0.0150. The van der Waals surface area contributed by atoms with Crippen molar-refractivity contribution in [2.24, 2.45) is 16.8 Å². The van der Waals surface area contributed by atoms with Crippen molar-refractivity contribution in [3.63, 3.8) is 0 Å². The number of fused-ring (bicyclic) bond motifs is 1. The predicted octanol–water partition coefficient (Wildman–Crippen LogP) is 6.88. The second-order valence-corrected chi connectivity index (χ2v) is 23.4. The Morgan fingerprint density at radius 2 is 1.17 bits per heavy atom. The zero-order valence-corrected chi connectivity index (χ0v) is 46.6. The minimum Gasteiger partial charge on any atom is -0.444 e. The van der Waals surface area contributed by atoms with E-state index in [9.17, 15) is 46.8 Å². The highest BCUT2D eigenvalue weighted by Gasteiger charge is 2.36. The molecule has 1 saturated carbocycles. The van der Waals surface area contributed by atoms with Crippen LogP contribution in [-0.4, -0.2) is 116 Å². The smallest absolute Gasteiger partial charge is 0.414 e. The molecule has 6 N–H and O–H groups in total. The lowest BCUT2D eigenvalue weighted by Gasteiger charge is -2.27. The van der Waals surface area contributed by atoms with E-state index in [1.54, 1.807) is 114 Å². The molecule has 21 heteroatoms. The Balaban J connectivity index is 1.28. The Bertz CT molecular complexity index is 2620. The Hall–Kier alpha value is -7.00. The van der Waals surface area contributed by atoms with Crippen LogP contribution in [0.3, 0.4) is 0 Å². The summed E-state index contributed by atoms with van der Waals surface area (Å²) in [6.45, 7) is 9.81. The SMILES string of the molecule is CC(C)(C)OC(=O)NC(=NCCC[C@H](NC(=O)[C@H](CCCCCCCCN1C(=O)c2ccccc2C1=O)C1CCCC1)C(=O)N[C@@H](Cc1ccccc1)C(=O)C(=O)NCCNS(=O)(=O)c1ccccc1)NC(=O)OC(C)(C)C. The van der Waals surface area contributed by atoms with E-state index in [0.717, 1.165) is 57.8 Å². The summed E-state index contributed by atoms with van der Waals surface area (Å²) in [5.74, 6) is -4.28. The van der Waals surface area contributed by atoms with Crippen molar-refractivity contribution < 1.29 is 56.2 Å². The highest BCUT2D eigenvalue weighted by molar-refractivity contribution is 7.89. The summed E-state index contributed by atoms with van der Waals surface area (Å²) in [6.07, 6.45) is 7.23. The van der Waals surface area contributed by atoms with Crippen molar-refractivity contribution in [1.29, 1.82) is 0 Å². The first-order valence-electron chi connectivity index (χ1n) is 27.0. The zero-order chi connectivity index (χ0) is 56.9. The number of nitrogens with zero attached hydrogens (tertiary/aromatic N) is 2. The van der Waals surface area contributed by atoms with E-state index in [1.807, 2.05) is 0 Å². The van der Waals surface area contributed by atoms with E-state index in [-0.39, 0.29) is 73.4 Å². The second-order valence-electron chi connectivity index (χ2n) is 21.6. The number of hydrogen-bond acceptors (Lipinski definition) is 13. The first-order chi connectivity index (χ1) is 37.0. The van der Waals surface area contributed by atoms with Crippen LogP contribution < -0.4 is 31.3 Å². The van der Waals surface area contributed by atoms with Crippen molar-refractivity contribution >= 4 is 63.5 Å².